The number of nitrogens with one attached hydrogen (secondary N) is 1. The molecule has 1 unspecified atom stereocenters. The lowest BCUT2D eigenvalue weighted by molar-refractivity contribution is -0.146. The second kappa shape index (κ2) is 6.17. The summed E-state index contributed by atoms with van der Waals surface area (Å²) in [5.74, 6) is -1.76. The number of halogens is 1. The summed E-state index contributed by atoms with van der Waals surface area (Å²) in [4.78, 5) is 25.5. The zero-order valence-electron chi connectivity index (χ0n) is 8.76. The molecule has 0 spiro atoms. The number of nitrogens with zero attached hydrogens (tertiary/aromatic N) is 1. The lowest BCUT2D eigenvalue weighted by Gasteiger charge is -2.06. The van der Waals surface area contributed by atoms with Gasteiger partial charge in [-0.25, -0.2) is 9.78 Å². The maximum atomic E-state index is 11.5. The molecule has 1 amide bonds. The van der Waals surface area contributed by atoms with Crippen molar-refractivity contribution in [3.05, 3.63) is 29.0 Å². The fourth-order valence-corrected chi connectivity index (χ4v) is 1.16. The monoisotopic (exact) mass is 258 g/mol. The molecule has 0 radical (unpaired) electrons. The van der Waals surface area contributed by atoms with Crippen LogP contribution in [0.1, 0.15) is 16.9 Å². The summed E-state index contributed by atoms with van der Waals surface area (Å²) in [5.41, 5.74) is 0.180. The van der Waals surface area contributed by atoms with Crippen molar-refractivity contribution < 1.29 is 19.8 Å². The molecule has 92 valence electrons. The van der Waals surface area contributed by atoms with E-state index in [1.54, 1.807) is 0 Å². The molecule has 3 N–H and O–H groups in total. The number of carboxylic acids is 1. The lowest BCUT2D eigenvalue weighted by Crippen LogP contribution is -2.30. The standard InChI is InChI=1S/C10H11ClN2O4/c11-6-1-2-7(13-5-6)9(15)12-4-3-8(14)10(16)17/h1-2,5,8,14H,3-4H2,(H,12,15)(H,16,17). The van der Waals surface area contributed by atoms with Gasteiger partial charge in [0.1, 0.15) is 5.69 Å². The zero-order valence-corrected chi connectivity index (χ0v) is 9.52. The van der Waals surface area contributed by atoms with Gasteiger partial charge in [0.15, 0.2) is 6.10 Å². The normalized spacial score (nSPS) is 11.9. The summed E-state index contributed by atoms with van der Waals surface area (Å²) in [6.07, 6.45) is -0.203. The number of aromatic nitrogens is 1. The Bertz CT molecular complexity index is 407. The molecule has 0 fully saturated rings. The molecule has 1 heterocycles. The van der Waals surface area contributed by atoms with E-state index in [-0.39, 0.29) is 18.7 Å². The number of aliphatic carboxylic acids is 1. The minimum absolute atomic E-state index is 0.0522. The van der Waals surface area contributed by atoms with Crippen LogP contribution in [0.3, 0.4) is 0 Å². The predicted octanol–water partition coefficient (Wildman–Crippen LogP) is 0.300. The van der Waals surface area contributed by atoms with E-state index in [0.717, 1.165) is 0 Å². The van der Waals surface area contributed by atoms with Gasteiger partial charge in [0, 0.05) is 19.2 Å². The third-order valence-electron chi connectivity index (χ3n) is 1.95. The fourth-order valence-electron chi connectivity index (χ4n) is 1.05. The molecule has 0 bridgehead atoms. The van der Waals surface area contributed by atoms with Crippen molar-refractivity contribution in [2.75, 3.05) is 6.54 Å². The summed E-state index contributed by atoms with van der Waals surface area (Å²) in [5, 5.41) is 20.2. The largest absolute Gasteiger partial charge is 0.479 e. The molecule has 0 aliphatic carbocycles. The maximum Gasteiger partial charge on any atom is 0.332 e. The first-order valence-corrected chi connectivity index (χ1v) is 5.19. The molecule has 6 nitrogen and oxygen atoms in total. The van der Waals surface area contributed by atoms with Crippen LogP contribution < -0.4 is 5.32 Å². The van der Waals surface area contributed by atoms with E-state index in [1.807, 2.05) is 0 Å². The van der Waals surface area contributed by atoms with Crippen LogP contribution in [-0.4, -0.2) is 39.7 Å². The highest BCUT2D eigenvalue weighted by Crippen LogP contribution is 2.05. The van der Waals surface area contributed by atoms with Crippen molar-refractivity contribution in [2.24, 2.45) is 0 Å². The summed E-state index contributed by atoms with van der Waals surface area (Å²) < 4.78 is 0. The quantitative estimate of drug-likeness (QED) is 0.705. The number of aliphatic hydroxyl groups excluding tert-OH is 1. The molecule has 17 heavy (non-hydrogen) atoms. The summed E-state index contributed by atoms with van der Waals surface area (Å²) in [7, 11) is 0. The van der Waals surface area contributed by atoms with E-state index in [2.05, 4.69) is 10.3 Å². The van der Waals surface area contributed by atoms with Crippen molar-refractivity contribution in [1.82, 2.24) is 10.3 Å². The molecular formula is C10H11ClN2O4. The molecule has 0 aliphatic heterocycles. The van der Waals surface area contributed by atoms with Crippen molar-refractivity contribution in [2.45, 2.75) is 12.5 Å². The van der Waals surface area contributed by atoms with Crippen molar-refractivity contribution in [3.63, 3.8) is 0 Å². The number of pyridine rings is 1. The molecule has 0 saturated heterocycles. The van der Waals surface area contributed by atoms with Gasteiger partial charge < -0.3 is 15.5 Å². The number of carboxylic acid groups (broad SMARTS) is 1. The SMILES string of the molecule is O=C(NCCC(O)C(=O)O)c1ccc(Cl)cn1. The Labute approximate surface area is 102 Å². The Kier molecular flexibility index (Phi) is 4.86. The summed E-state index contributed by atoms with van der Waals surface area (Å²) in [6, 6.07) is 2.97. The van der Waals surface area contributed by atoms with Gasteiger partial charge in [0.2, 0.25) is 0 Å². The van der Waals surface area contributed by atoms with Gasteiger partial charge in [-0.05, 0) is 12.1 Å². The summed E-state index contributed by atoms with van der Waals surface area (Å²) in [6.45, 7) is 0.0522. The number of carbonyl (C=O) groups excluding carboxylic acids is 1. The molecule has 0 saturated carbocycles. The topological polar surface area (TPSA) is 99.5 Å². The fraction of sp³-hybridized carbons (Fsp3) is 0.300. The molecule has 0 aliphatic rings. The summed E-state index contributed by atoms with van der Waals surface area (Å²) >= 11 is 5.60. The molecule has 1 aromatic heterocycles. The highest BCUT2D eigenvalue weighted by molar-refractivity contribution is 6.30. The molecular weight excluding hydrogens is 248 g/mol. The minimum atomic E-state index is -1.48. The van der Waals surface area contributed by atoms with E-state index in [1.165, 1.54) is 18.3 Å². The second-order valence-corrected chi connectivity index (χ2v) is 3.70. The van der Waals surface area contributed by atoms with E-state index >= 15 is 0 Å². The number of hydrogen-bond donors (Lipinski definition) is 3. The molecule has 7 heteroatoms. The second-order valence-electron chi connectivity index (χ2n) is 3.26. The smallest absolute Gasteiger partial charge is 0.332 e. The average Bonchev–Trinajstić information content (AvgIpc) is 2.29. The third kappa shape index (κ3) is 4.38. The van der Waals surface area contributed by atoms with Gasteiger partial charge in [-0.3, -0.25) is 4.79 Å². The highest BCUT2D eigenvalue weighted by Gasteiger charge is 2.13. The lowest BCUT2D eigenvalue weighted by atomic mass is 10.2. The zero-order chi connectivity index (χ0) is 12.8. The first-order chi connectivity index (χ1) is 8.00. The number of hydrogen-bond acceptors (Lipinski definition) is 4. The Balaban J connectivity index is 2.40. The van der Waals surface area contributed by atoms with Gasteiger partial charge in [0.05, 0.1) is 5.02 Å². The van der Waals surface area contributed by atoms with Crippen molar-refractivity contribution >= 4 is 23.5 Å². The average molecular weight is 259 g/mol. The first kappa shape index (κ1) is 13.4. The van der Waals surface area contributed by atoms with Crippen LogP contribution in [0.5, 0.6) is 0 Å². The van der Waals surface area contributed by atoms with Crippen LogP contribution in [0.2, 0.25) is 5.02 Å². The number of amides is 1. The van der Waals surface area contributed by atoms with Crippen LogP contribution in [0.4, 0.5) is 0 Å². The van der Waals surface area contributed by atoms with Crippen LogP contribution in [0, 0.1) is 0 Å². The maximum absolute atomic E-state index is 11.5. The number of rotatable bonds is 5. The van der Waals surface area contributed by atoms with Crippen LogP contribution >= 0.6 is 11.6 Å². The van der Waals surface area contributed by atoms with Gasteiger partial charge >= 0.3 is 5.97 Å². The van der Waals surface area contributed by atoms with Gasteiger partial charge in [-0.2, -0.15) is 0 Å². The van der Waals surface area contributed by atoms with Crippen molar-refractivity contribution in [1.29, 1.82) is 0 Å². The Hall–Kier alpha value is -1.66. The van der Waals surface area contributed by atoms with Crippen LogP contribution in [-0.2, 0) is 4.79 Å². The molecule has 1 aromatic rings. The number of aliphatic hydroxyl groups is 1. The predicted molar refractivity (Wildman–Crippen MR) is 59.8 cm³/mol. The van der Waals surface area contributed by atoms with E-state index < -0.39 is 18.0 Å². The first-order valence-electron chi connectivity index (χ1n) is 4.81. The van der Waals surface area contributed by atoms with Crippen LogP contribution in [0.25, 0.3) is 0 Å². The Morgan fingerprint density at radius 3 is 2.71 bits per heavy atom. The van der Waals surface area contributed by atoms with Gasteiger partial charge in [0.25, 0.3) is 5.91 Å². The van der Waals surface area contributed by atoms with Gasteiger partial charge in [-0.15, -0.1) is 0 Å². The van der Waals surface area contributed by atoms with Crippen LogP contribution in [0.15, 0.2) is 18.3 Å². The van der Waals surface area contributed by atoms with Gasteiger partial charge in [-0.1, -0.05) is 11.6 Å². The van der Waals surface area contributed by atoms with E-state index in [4.69, 9.17) is 21.8 Å². The van der Waals surface area contributed by atoms with Crippen molar-refractivity contribution in [3.8, 4) is 0 Å². The van der Waals surface area contributed by atoms with E-state index in [0.29, 0.717) is 5.02 Å². The minimum Gasteiger partial charge on any atom is -0.479 e. The highest BCUT2D eigenvalue weighted by atomic mass is 35.5. The molecule has 0 aromatic carbocycles. The third-order valence-corrected chi connectivity index (χ3v) is 2.17. The Morgan fingerprint density at radius 2 is 2.18 bits per heavy atom. The number of carbonyl (C=O) groups is 2. The molecule has 1 atom stereocenters. The Morgan fingerprint density at radius 1 is 1.47 bits per heavy atom. The molecule has 1 rings (SSSR count). The van der Waals surface area contributed by atoms with E-state index in [9.17, 15) is 9.59 Å².